The Kier molecular flexibility index (Phi) is 5.05. The van der Waals surface area contributed by atoms with Crippen LogP contribution in [0.1, 0.15) is 0 Å². The van der Waals surface area contributed by atoms with E-state index in [1.54, 1.807) is 0 Å². The van der Waals surface area contributed by atoms with Gasteiger partial charge in [-0.1, -0.05) is 115 Å². The zero-order valence-electron chi connectivity index (χ0n) is 25.6. The third kappa shape index (κ3) is 3.47. The van der Waals surface area contributed by atoms with Crippen LogP contribution < -0.4 is 0 Å². The summed E-state index contributed by atoms with van der Waals surface area (Å²) in [6.45, 7) is 0. The number of nitrogens with zero attached hydrogens (tertiary/aromatic N) is 4. The van der Waals surface area contributed by atoms with Crippen LogP contribution in [0.15, 0.2) is 150 Å². The molecule has 0 atom stereocenters. The smallest absolute Gasteiger partial charge is 0.238 e. The molecule has 0 N–H and O–H groups in total. The van der Waals surface area contributed by atoms with Gasteiger partial charge in [0.05, 0.1) is 11.0 Å². The summed E-state index contributed by atoms with van der Waals surface area (Å²) in [6, 6.07) is 50.8. The predicted octanol–water partition coefficient (Wildman–Crippen LogP) is 11.1. The Balaban J connectivity index is 1.32. The van der Waals surface area contributed by atoms with E-state index >= 15 is 0 Å². The maximum atomic E-state index is 6.54. The number of hydrogen-bond donors (Lipinski definition) is 0. The van der Waals surface area contributed by atoms with Crippen molar-refractivity contribution in [2.24, 2.45) is 0 Å². The summed E-state index contributed by atoms with van der Waals surface area (Å²) in [4.78, 5) is 15.5. The van der Waals surface area contributed by atoms with Gasteiger partial charge in [0, 0.05) is 32.7 Å². The molecule has 8 aromatic carbocycles. The summed E-state index contributed by atoms with van der Waals surface area (Å²) in [7, 11) is 0. The van der Waals surface area contributed by atoms with Crippen molar-refractivity contribution in [3.05, 3.63) is 146 Å². The van der Waals surface area contributed by atoms with Gasteiger partial charge in [-0.15, -0.1) is 0 Å². The average Bonchev–Trinajstić information content (AvgIpc) is 3.70. The summed E-state index contributed by atoms with van der Waals surface area (Å²) in [5.74, 6) is 1.83. The predicted molar refractivity (Wildman–Crippen MR) is 196 cm³/mol. The fourth-order valence-corrected chi connectivity index (χ4v) is 7.71. The molecule has 5 heteroatoms. The molecule has 0 radical (unpaired) electrons. The van der Waals surface area contributed by atoms with Gasteiger partial charge in [-0.05, 0) is 62.6 Å². The van der Waals surface area contributed by atoms with Gasteiger partial charge < -0.3 is 4.42 Å². The van der Waals surface area contributed by atoms with Crippen LogP contribution in [-0.2, 0) is 0 Å². The molecule has 3 heterocycles. The fourth-order valence-electron chi connectivity index (χ4n) is 7.71. The summed E-state index contributed by atoms with van der Waals surface area (Å²) in [5.41, 5.74) is 5.69. The monoisotopic (exact) mass is 612 g/mol. The summed E-state index contributed by atoms with van der Waals surface area (Å²) in [5, 5.41) is 11.6. The molecule has 0 fully saturated rings. The third-order valence-electron chi connectivity index (χ3n) is 9.79. The number of furan rings is 1. The fraction of sp³-hybridized carbons (Fsp3) is 0. The van der Waals surface area contributed by atoms with Crippen molar-refractivity contribution in [2.45, 2.75) is 0 Å². The van der Waals surface area contributed by atoms with Crippen molar-refractivity contribution in [1.29, 1.82) is 0 Å². The van der Waals surface area contributed by atoms with E-state index < -0.39 is 0 Å². The van der Waals surface area contributed by atoms with Gasteiger partial charge in [0.1, 0.15) is 11.2 Å². The Morgan fingerprint density at radius 3 is 1.88 bits per heavy atom. The molecule has 0 saturated carbocycles. The highest BCUT2D eigenvalue weighted by molar-refractivity contribution is 6.38. The Hall–Kier alpha value is -6.59. The van der Waals surface area contributed by atoms with Gasteiger partial charge in [-0.3, -0.25) is 4.57 Å². The van der Waals surface area contributed by atoms with E-state index in [1.165, 1.54) is 26.9 Å². The van der Waals surface area contributed by atoms with Crippen LogP contribution in [0, 0.1) is 0 Å². The van der Waals surface area contributed by atoms with E-state index in [0.717, 1.165) is 60.3 Å². The molecule has 0 amide bonds. The molecular formula is C43H24N4O. The lowest BCUT2D eigenvalue weighted by Gasteiger charge is -2.11. The van der Waals surface area contributed by atoms with E-state index in [9.17, 15) is 0 Å². The van der Waals surface area contributed by atoms with Crippen molar-refractivity contribution in [1.82, 2.24) is 19.5 Å². The highest BCUT2D eigenvalue weighted by atomic mass is 16.3. The van der Waals surface area contributed by atoms with Crippen molar-refractivity contribution >= 4 is 76.1 Å². The lowest BCUT2D eigenvalue weighted by molar-refractivity contribution is 0.669. The third-order valence-corrected chi connectivity index (χ3v) is 9.79. The highest BCUT2D eigenvalue weighted by Gasteiger charge is 2.24. The van der Waals surface area contributed by atoms with Gasteiger partial charge in [-0.2, -0.15) is 9.97 Å². The molecule has 0 aliphatic rings. The van der Waals surface area contributed by atoms with Crippen LogP contribution >= 0.6 is 0 Å². The van der Waals surface area contributed by atoms with Crippen LogP contribution in [0.5, 0.6) is 0 Å². The van der Waals surface area contributed by atoms with Crippen LogP contribution in [-0.4, -0.2) is 19.5 Å². The highest BCUT2D eigenvalue weighted by Crippen LogP contribution is 2.46. The van der Waals surface area contributed by atoms with Gasteiger partial charge in [0.2, 0.25) is 5.95 Å². The first kappa shape index (κ1) is 25.6. The standard InChI is InChI=1S/C43H24N4O/c1-2-11-26(12-3-1)41-44-42(28-21-20-25-10-4-5-13-27(25)24-28)46-43(45-41)47-33-18-8-16-31-29-14-6-7-15-30(29)32-17-9-19-35-38(32)40-36(48-35)23-22-34(47)39(40)37(31)33/h1-24H. The second-order valence-electron chi connectivity index (χ2n) is 12.4. The minimum Gasteiger partial charge on any atom is -0.456 e. The molecule has 0 spiro atoms. The maximum absolute atomic E-state index is 6.54. The summed E-state index contributed by atoms with van der Waals surface area (Å²) >= 11 is 0. The average molecular weight is 613 g/mol. The molecular weight excluding hydrogens is 589 g/mol. The van der Waals surface area contributed by atoms with Crippen LogP contribution in [0.3, 0.4) is 0 Å². The molecule has 0 aliphatic heterocycles. The zero-order chi connectivity index (χ0) is 31.3. The summed E-state index contributed by atoms with van der Waals surface area (Å²) in [6.07, 6.45) is 0. The second-order valence-corrected chi connectivity index (χ2v) is 12.4. The first-order valence-electron chi connectivity index (χ1n) is 16.1. The molecule has 0 saturated heterocycles. The van der Waals surface area contributed by atoms with E-state index in [-0.39, 0.29) is 0 Å². The first-order chi connectivity index (χ1) is 23.8. The molecule has 222 valence electrons. The summed E-state index contributed by atoms with van der Waals surface area (Å²) < 4.78 is 8.75. The van der Waals surface area contributed by atoms with Crippen LogP contribution in [0.25, 0.3) is 105 Å². The molecule has 11 aromatic rings. The van der Waals surface area contributed by atoms with E-state index in [0.29, 0.717) is 17.6 Å². The van der Waals surface area contributed by atoms with Crippen molar-refractivity contribution in [3.8, 4) is 28.7 Å². The topological polar surface area (TPSA) is 56.7 Å². The number of rotatable bonds is 3. The zero-order valence-corrected chi connectivity index (χ0v) is 25.6. The maximum Gasteiger partial charge on any atom is 0.238 e. The van der Waals surface area contributed by atoms with Crippen LogP contribution in [0.4, 0.5) is 0 Å². The van der Waals surface area contributed by atoms with Crippen molar-refractivity contribution in [3.63, 3.8) is 0 Å². The van der Waals surface area contributed by atoms with E-state index in [4.69, 9.17) is 19.4 Å². The molecule has 11 rings (SSSR count). The van der Waals surface area contributed by atoms with Crippen molar-refractivity contribution in [2.75, 3.05) is 0 Å². The van der Waals surface area contributed by atoms with E-state index in [1.807, 2.05) is 18.2 Å². The largest absolute Gasteiger partial charge is 0.456 e. The van der Waals surface area contributed by atoms with Gasteiger partial charge in [0.25, 0.3) is 0 Å². The van der Waals surface area contributed by atoms with Crippen LogP contribution in [0.2, 0.25) is 0 Å². The lowest BCUT2D eigenvalue weighted by atomic mass is 9.95. The molecule has 5 nitrogen and oxygen atoms in total. The molecule has 0 aliphatic carbocycles. The van der Waals surface area contributed by atoms with E-state index in [2.05, 4.69) is 132 Å². The Morgan fingerprint density at radius 1 is 0.396 bits per heavy atom. The van der Waals surface area contributed by atoms with Gasteiger partial charge >= 0.3 is 0 Å². The molecule has 48 heavy (non-hydrogen) atoms. The Bertz CT molecular complexity index is 3060. The normalized spacial score (nSPS) is 12.2. The Morgan fingerprint density at radius 2 is 1.04 bits per heavy atom. The van der Waals surface area contributed by atoms with Gasteiger partial charge in [0.15, 0.2) is 11.6 Å². The SMILES string of the molecule is c1ccc(-c2nc(-c3ccc4ccccc4c3)nc(-n3c4cccc5c6ccccc6c6cccc7oc8ccc3c(c8c76)c54)n2)cc1. The number of hydrogen-bond acceptors (Lipinski definition) is 4. The number of aromatic nitrogens is 4. The van der Waals surface area contributed by atoms with Gasteiger partial charge in [-0.25, -0.2) is 4.98 Å². The molecule has 0 bridgehead atoms. The Labute approximate surface area is 273 Å². The minimum absolute atomic E-state index is 0.573. The number of benzene rings is 7. The molecule has 3 aromatic heterocycles. The minimum atomic E-state index is 0.573. The van der Waals surface area contributed by atoms with Crippen molar-refractivity contribution < 1.29 is 4.42 Å². The molecule has 0 unspecified atom stereocenters. The number of fused-ring (bicyclic) bond motifs is 4. The first-order valence-corrected chi connectivity index (χ1v) is 16.1. The lowest BCUT2D eigenvalue weighted by Crippen LogP contribution is -2.06. The second kappa shape index (κ2) is 9.47. The quantitative estimate of drug-likeness (QED) is 0.199.